The molecule has 1 amide bonds. The average Bonchev–Trinajstić information content (AvgIpc) is 2.19. The number of hydrogen-bond acceptors (Lipinski definition) is 4. The van der Waals surface area contributed by atoms with Crippen molar-refractivity contribution in [2.45, 2.75) is 46.1 Å². The zero-order valence-corrected chi connectivity index (χ0v) is 11.2. The van der Waals surface area contributed by atoms with Crippen LogP contribution >= 0.6 is 0 Å². The normalized spacial score (nSPS) is 11.1. The molecule has 0 aromatic heterocycles. The molecule has 0 saturated heterocycles. The summed E-state index contributed by atoms with van der Waals surface area (Å²) in [6.07, 6.45) is 1.02. The van der Waals surface area contributed by atoms with E-state index < -0.39 is 11.6 Å². The Morgan fingerprint density at radius 1 is 1.24 bits per heavy atom. The number of esters is 1. The topological polar surface area (TPSA) is 64.6 Å². The summed E-state index contributed by atoms with van der Waals surface area (Å²) >= 11 is 0. The molecule has 5 heteroatoms. The van der Waals surface area contributed by atoms with E-state index in [2.05, 4.69) is 5.32 Å². The molecule has 0 aliphatic heterocycles. The van der Waals surface area contributed by atoms with E-state index in [1.807, 2.05) is 6.92 Å². The lowest BCUT2D eigenvalue weighted by Crippen LogP contribution is -2.34. The Balaban J connectivity index is 3.59. The van der Waals surface area contributed by atoms with Crippen molar-refractivity contribution in [3.8, 4) is 0 Å². The first-order valence-electron chi connectivity index (χ1n) is 5.91. The van der Waals surface area contributed by atoms with Gasteiger partial charge in [-0.05, 0) is 34.1 Å². The van der Waals surface area contributed by atoms with Crippen molar-refractivity contribution in [2.24, 2.45) is 0 Å². The molecule has 5 nitrogen and oxygen atoms in total. The molecule has 0 aromatic carbocycles. The van der Waals surface area contributed by atoms with Crippen LogP contribution in [-0.2, 0) is 19.1 Å². The van der Waals surface area contributed by atoms with Crippen LogP contribution in [-0.4, -0.2) is 37.2 Å². The highest BCUT2D eigenvalue weighted by molar-refractivity contribution is 5.81. The van der Waals surface area contributed by atoms with Gasteiger partial charge in [-0.2, -0.15) is 0 Å². The van der Waals surface area contributed by atoms with Crippen molar-refractivity contribution in [2.75, 3.05) is 19.8 Å². The van der Waals surface area contributed by atoms with Gasteiger partial charge >= 0.3 is 5.97 Å². The molecule has 0 rings (SSSR count). The minimum Gasteiger partial charge on any atom is -0.459 e. The van der Waals surface area contributed by atoms with E-state index in [1.54, 1.807) is 20.8 Å². The van der Waals surface area contributed by atoms with Crippen LogP contribution in [0.5, 0.6) is 0 Å². The lowest BCUT2D eigenvalue weighted by molar-refractivity contribution is -0.154. The molecule has 0 unspecified atom stereocenters. The molecule has 0 atom stereocenters. The van der Waals surface area contributed by atoms with Gasteiger partial charge in [0.05, 0.1) is 0 Å². The first-order valence-corrected chi connectivity index (χ1v) is 5.91. The summed E-state index contributed by atoms with van der Waals surface area (Å²) < 4.78 is 10.2. The van der Waals surface area contributed by atoms with Crippen LogP contribution in [0, 0.1) is 0 Å². The Morgan fingerprint density at radius 3 is 2.41 bits per heavy atom. The summed E-state index contributed by atoms with van der Waals surface area (Å²) in [6, 6.07) is 0. The van der Waals surface area contributed by atoms with Gasteiger partial charge in [0.1, 0.15) is 12.1 Å². The zero-order chi connectivity index (χ0) is 13.3. The van der Waals surface area contributed by atoms with Crippen molar-refractivity contribution in [3.05, 3.63) is 0 Å². The van der Waals surface area contributed by atoms with Crippen molar-refractivity contribution < 1.29 is 19.1 Å². The van der Waals surface area contributed by atoms with Gasteiger partial charge in [0.25, 0.3) is 0 Å². The summed E-state index contributed by atoms with van der Waals surface area (Å²) in [6.45, 7) is 8.40. The zero-order valence-electron chi connectivity index (χ0n) is 11.2. The van der Waals surface area contributed by atoms with Crippen molar-refractivity contribution in [3.63, 3.8) is 0 Å². The number of nitrogens with one attached hydrogen (secondary N) is 1. The molecule has 1 N–H and O–H groups in total. The number of hydrogen-bond donors (Lipinski definition) is 1. The maximum Gasteiger partial charge on any atom is 0.325 e. The maximum atomic E-state index is 11.3. The number of ether oxygens (including phenoxy) is 2. The van der Waals surface area contributed by atoms with Gasteiger partial charge in [-0.3, -0.25) is 9.59 Å². The quantitative estimate of drug-likeness (QED) is 0.542. The fourth-order valence-electron chi connectivity index (χ4n) is 1.12. The number of carbonyl (C=O) groups excluding carboxylic acids is 2. The Hall–Kier alpha value is -1.10. The second kappa shape index (κ2) is 8.06. The summed E-state index contributed by atoms with van der Waals surface area (Å²) in [4.78, 5) is 22.6. The molecule has 0 heterocycles. The second-order valence-corrected chi connectivity index (χ2v) is 4.66. The Kier molecular flexibility index (Phi) is 7.54. The fourth-order valence-corrected chi connectivity index (χ4v) is 1.12. The largest absolute Gasteiger partial charge is 0.459 e. The van der Waals surface area contributed by atoms with E-state index in [1.165, 1.54) is 0 Å². The first kappa shape index (κ1) is 15.9. The second-order valence-electron chi connectivity index (χ2n) is 4.66. The van der Waals surface area contributed by atoms with Gasteiger partial charge in [-0.1, -0.05) is 0 Å². The molecule has 0 aliphatic carbocycles. The standard InChI is InChI=1S/C12H23NO4/c1-5-16-8-6-7-10(14)13-9-11(15)17-12(2,3)4/h5-9H2,1-4H3,(H,13,14). The minimum atomic E-state index is -0.517. The van der Waals surface area contributed by atoms with Crippen LogP contribution < -0.4 is 5.32 Å². The van der Waals surface area contributed by atoms with E-state index in [4.69, 9.17) is 9.47 Å². The monoisotopic (exact) mass is 245 g/mol. The molecular weight excluding hydrogens is 222 g/mol. The predicted octanol–water partition coefficient (Wildman–Crippen LogP) is 1.26. The molecule has 0 aromatic rings. The maximum absolute atomic E-state index is 11.3. The molecule has 0 bridgehead atoms. The van der Waals surface area contributed by atoms with Gasteiger partial charge < -0.3 is 14.8 Å². The lowest BCUT2D eigenvalue weighted by Gasteiger charge is -2.19. The third-order valence-electron chi connectivity index (χ3n) is 1.75. The van der Waals surface area contributed by atoms with Crippen LogP contribution in [0.25, 0.3) is 0 Å². The number of amides is 1. The van der Waals surface area contributed by atoms with Crippen molar-refractivity contribution in [1.82, 2.24) is 5.32 Å². The molecule has 0 spiro atoms. The summed E-state index contributed by atoms with van der Waals surface area (Å²) in [5.74, 6) is -0.578. The smallest absolute Gasteiger partial charge is 0.325 e. The van der Waals surface area contributed by atoms with Crippen LogP contribution in [0.3, 0.4) is 0 Å². The number of carbonyl (C=O) groups is 2. The van der Waals surface area contributed by atoms with Gasteiger partial charge in [0.2, 0.25) is 5.91 Å². The van der Waals surface area contributed by atoms with Crippen LogP contribution in [0.1, 0.15) is 40.5 Å². The van der Waals surface area contributed by atoms with E-state index in [0.29, 0.717) is 26.1 Å². The summed E-state index contributed by atoms with van der Waals surface area (Å²) in [7, 11) is 0. The lowest BCUT2D eigenvalue weighted by atomic mass is 10.2. The van der Waals surface area contributed by atoms with Crippen LogP contribution in [0.4, 0.5) is 0 Å². The molecular formula is C12H23NO4. The number of rotatable bonds is 7. The predicted molar refractivity (Wildman–Crippen MR) is 64.6 cm³/mol. The molecule has 17 heavy (non-hydrogen) atoms. The molecule has 0 aliphatic rings. The SMILES string of the molecule is CCOCCCC(=O)NCC(=O)OC(C)(C)C. The highest BCUT2D eigenvalue weighted by atomic mass is 16.6. The van der Waals surface area contributed by atoms with Crippen LogP contribution in [0.2, 0.25) is 0 Å². The highest BCUT2D eigenvalue weighted by Crippen LogP contribution is 2.06. The molecule has 0 saturated carbocycles. The van der Waals surface area contributed by atoms with Gasteiger partial charge in [0.15, 0.2) is 0 Å². The van der Waals surface area contributed by atoms with Crippen molar-refractivity contribution in [1.29, 1.82) is 0 Å². The first-order chi connectivity index (χ1) is 7.85. The van der Waals surface area contributed by atoms with Crippen molar-refractivity contribution >= 4 is 11.9 Å². The molecule has 0 fully saturated rings. The highest BCUT2D eigenvalue weighted by Gasteiger charge is 2.16. The third-order valence-corrected chi connectivity index (χ3v) is 1.75. The van der Waals surface area contributed by atoms with Gasteiger partial charge in [-0.15, -0.1) is 0 Å². The summed E-state index contributed by atoms with van der Waals surface area (Å²) in [5, 5.41) is 2.51. The third kappa shape index (κ3) is 11.2. The molecule has 0 radical (unpaired) electrons. The van der Waals surface area contributed by atoms with Gasteiger partial charge in [-0.25, -0.2) is 0 Å². The average molecular weight is 245 g/mol. The Bertz CT molecular complexity index is 245. The summed E-state index contributed by atoms with van der Waals surface area (Å²) in [5.41, 5.74) is -0.517. The minimum absolute atomic E-state index is 0.0786. The van der Waals surface area contributed by atoms with E-state index >= 15 is 0 Å². The fraction of sp³-hybridized carbons (Fsp3) is 0.833. The molecule has 100 valence electrons. The van der Waals surface area contributed by atoms with Gasteiger partial charge in [0, 0.05) is 19.6 Å². The Morgan fingerprint density at radius 2 is 1.88 bits per heavy atom. The van der Waals surface area contributed by atoms with E-state index in [0.717, 1.165) is 0 Å². The Labute approximate surface area is 103 Å². The van der Waals surface area contributed by atoms with E-state index in [-0.39, 0.29) is 12.5 Å². The van der Waals surface area contributed by atoms with E-state index in [9.17, 15) is 9.59 Å². The van der Waals surface area contributed by atoms with Crippen LogP contribution in [0.15, 0.2) is 0 Å².